The van der Waals surface area contributed by atoms with Crippen LogP contribution in [0.3, 0.4) is 0 Å². The minimum atomic E-state index is 0.328. The molecular weight excluding hydrogens is 142 g/mol. The molecule has 2 heteroatoms. The van der Waals surface area contributed by atoms with E-state index in [4.69, 9.17) is 0 Å². The van der Waals surface area contributed by atoms with Crippen molar-refractivity contribution in [1.29, 1.82) is 0 Å². The number of hydrogen-bond donors (Lipinski definition) is 2. The molecule has 3 aliphatic rings. The Morgan fingerprint density at radius 3 is 2.50 bits per heavy atom. The van der Waals surface area contributed by atoms with Gasteiger partial charge in [-0.1, -0.05) is 6.92 Å². The standard InChI is InChI=1S/C8H15NS/c1-8(10)4-7-3-2-6(8)5-9-7/h6-7,9-10H,2-5H2,1H3. The molecule has 3 fully saturated rings. The topological polar surface area (TPSA) is 12.0 Å². The molecule has 10 heavy (non-hydrogen) atoms. The van der Waals surface area contributed by atoms with Gasteiger partial charge in [0.05, 0.1) is 0 Å². The molecule has 0 radical (unpaired) electrons. The number of hydrogen-bond acceptors (Lipinski definition) is 2. The Bertz CT molecular complexity index is 136. The molecule has 1 nitrogen and oxygen atoms in total. The van der Waals surface area contributed by atoms with E-state index in [1.54, 1.807) is 0 Å². The van der Waals surface area contributed by atoms with Crippen molar-refractivity contribution in [2.75, 3.05) is 6.54 Å². The molecule has 0 spiro atoms. The van der Waals surface area contributed by atoms with Crippen molar-refractivity contribution in [1.82, 2.24) is 5.32 Å². The molecule has 58 valence electrons. The highest BCUT2D eigenvalue weighted by Crippen LogP contribution is 2.41. The molecule has 0 aromatic heterocycles. The number of thiol groups is 1. The van der Waals surface area contributed by atoms with E-state index < -0.39 is 0 Å². The maximum atomic E-state index is 4.68. The van der Waals surface area contributed by atoms with Crippen LogP contribution in [-0.2, 0) is 0 Å². The zero-order chi connectivity index (χ0) is 7.19. The van der Waals surface area contributed by atoms with Crippen molar-refractivity contribution in [3.05, 3.63) is 0 Å². The molecule has 0 aromatic rings. The zero-order valence-corrected chi connectivity index (χ0v) is 7.32. The summed E-state index contributed by atoms with van der Waals surface area (Å²) in [6.45, 7) is 3.48. The average Bonchev–Trinajstić information content (AvgIpc) is 1.87. The van der Waals surface area contributed by atoms with E-state index in [2.05, 4.69) is 24.9 Å². The van der Waals surface area contributed by atoms with Crippen molar-refractivity contribution in [2.45, 2.75) is 37.0 Å². The summed E-state index contributed by atoms with van der Waals surface area (Å²) in [5.41, 5.74) is 0. The third-order valence-corrected chi connectivity index (χ3v) is 3.60. The van der Waals surface area contributed by atoms with E-state index in [0.29, 0.717) is 4.75 Å². The van der Waals surface area contributed by atoms with Crippen LogP contribution < -0.4 is 5.32 Å². The van der Waals surface area contributed by atoms with Gasteiger partial charge in [-0.2, -0.15) is 12.6 Å². The first kappa shape index (κ1) is 6.99. The fourth-order valence-corrected chi connectivity index (χ4v) is 2.73. The largest absolute Gasteiger partial charge is 0.314 e. The third kappa shape index (κ3) is 0.978. The van der Waals surface area contributed by atoms with Crippen molar-refractivity contribution in [3.63, 3.8) is 0 Å². The van der Waals surface area contributed by atoms with Crippen molar-refractivity contribution >= 4 is 12.6 Å². The fourth-order valence-electron chi connectivity index (χ4n) is 2.29. The third-order valence-electron chi connectivity index (χ3n) is 3.06. The Morgan fingerprint density at radius 1 is 1.50 bits per heavy atom. The normalized spacial score (nSPS) is 53.4. The van der Waals surface area contributed by atoms with Crippen LogP contribution in [0.2, 0.25) is 0 Å². The van der Waals surface area contributed by atoms with Crippen LogP contribution in [0, 0.1) is 5.92 Å². The van der Waals surface area contributed by atoms with Crippen LogP contribution in [0.4, 0.5) is 0 Å². The van der Waals surface area contributed by atoms with Gasteiger partial charge in [0.25, 0.3) is 0 Å². The van der Waals surface area contributed by atoms with Crippen LogP contribution in [-0.4, -0.2) is 17.3 Å². The van der Waals surface area contributed by atoms with Gasteiger partial charge in [0.15, 0.2) is 0 Å². The quantitative estimate of drug-likeness (QED) is 0.507. The molecular formula is C8H15NS. The molecule has 2 bridgehead atoms. The molecule has 1 N–H and O–H groups in total. The highest BCUT2D eigenvalue weighted by atomic mass is 32.1. The van der Waals surface area contributed by atoms with Gasteiger partial charge in [0, 0.05) is 10.8 Å². The second kappa shape index (κ2) is 2.15. The molecule has 2 aliphatic heterocycles. The minimum absolute atomic E-state index is 0.328. The summed E-state index contributed by atoms with van der Waals surface area (Å²) in [4.78, 5) is 0. The fraction of sp³-hybridized carbons (Fsp3) is 1.00. The summed E-state index contributed by atoms with van der Waals surface area (Å²) in [7, 11) is 0. The Hall–Kier alpha value is 0.310. The lowest BCUT2D eigenvalue weighted by molar-refractivity contribution is 0.171. The van der Waals surface area contributed by atoms with Gasteiger partial charge in [-0.25, -0.2) is 0 Å². The lowest BCUT2D eigenvalue weighted by Crippen LogP contribution is -2.55. The molecule has 0 amide bonds. The molecule has 1 aliphatic carbocycles. The Kier molecular flexibility index (Phi) is 1.50. The maximum Gasteiger partial charge on any atom is 0.0156 e. The second-order valence-electron chi connectivity index (χ2n) is 3.94. The summed E-state index contributed by atoms with van der Waals surface area (Å²) < 4.78 is 0.328. The number of fused-ring (bicyclic) bond motifs is 3. The summed E-state index contributed by atoms with van der Waals surface area (Å²) in [5.74, 6) is 0.820. The van der Waals surface area contributed by atoms with Gasteiger partial charge >= 0.3 is 0 Å². The number of rotatable bonds is 0. The first-order valence-corrected chi connectivity index (χ1v) is 4.59. The molecule has 2 heterocycles. The monoisotopic (exact) mass is 157 g/mol. The van der Waals surface area contributed by atoms with E-state index in [1.807, 2.05) is 0 Å². The highest BCUT2D eigenvalue weighted by Gasteiger charge is 2.41. The lowest BCUT2D eigenvalue weighted by Gasteiger charge is -2.47. The molecule has 3 rings (SSSR count). The number of piperidine rings is 2. The number of nitrogens with one attached hydrogen (secondary N) is 1. The smallest absolute Gasteiger partial charge is 0.0156 e. The van der Waals surface area contributed by atoms with Crippen LogP contribution >= 0.6 is 12.6 Å². The van der Waals surface area contributed by atoms with E-state index in [0.717, 1.165) is 12.0 Å². The second-order valence-corrected chi connectivity index (χ2v) is 4.96. The van der Waals surface area contributed by atoms with E-state index >= 15 is 0 Å². The predicted molar refractivity (Wildman–Crippen MR) is 46.5 cm³/mol. The first-order chi connectivity index (χ1) is 4.68. The molecule has 0 aromatic carbocycles. The van der Waals surface area contributed by atoms with Crippen LogP contribution in [0.25, 0.3) is 0 Å². The molecule has 3 atom stereocenters. The highest BCUT2D eigenvalue weighted by molar-refractivity contribution is 7.81. The van der Waals surface area contributed by atoms with Crippen LogP contribution in [0.5, 0.6) is 0 Å². The van der Waals surface area contributed by atoms with Gasteiger partial charge in [0.1, 0.15) is 0 Å². The van der Waals surface area contributed by atoms with E-state index in [1.165, 1.54) is 25.8 Å². The van der Waals surface area contributed by atoms with Gasteiger partial charge in [-0.05, 0) is 31.7 Å². The zero-order valence-electron chi connectivity index (χ0n) is 6.43. The van der Waals surface area contributed by atoms with Crippen molar-refractivity contribution in [2.24, 2.45) is 5.92 Å². The van der Waals surface area contributed by atoms with Gasteiger partial charge in [0.2, 0.25) is 0 Å². The van der Waals surface area contributed by atoms with E-state index in [-0.39, 0.29) is 0 Å². The first-order valence-electron chi connectivity index (χ1n) is 4.14. The van der Waals surface area contributed by atoms with Crippen molar-refractivity contribution in [3.8, 4) is 0 Å². The summed E-state index contributed by atoms with van der Waals surface area (Å²) in [6, 6.07) is 0.771. The molecule has 2 saturated heterocycles. The summed E-state index contributed by atoms with van der Waals surface area (Å²) >= 11 is 4.68. The Balaban J connectivity index is 2.15. The molecule has 3 unspecified atom stereocenters. The predicted octanol–water partition coefficient (Wildman–Crippen LogP) is 1.45. The van der Waals surface area contributed by atoms with E-state index in [9.17, 15) is 0 Å². The minimum Gasteiger partial charge on any atom is -0.314 e. The van der Waals surface area contributed by atoms with Gasteiger partial charge in [-0.15, -0.1) is 0 Å². The molecule has 1 saturated carbocycles. The Morgan fingerprint density at radius 2 is 2.30 bits per heavy atom. The van der Waals surface area contributed by atoms with Crippen molar-refractivity contribution < 1.29 is 0 Å². The Labute approximate surface area is 68.0 Å². The van der Waals surface area contributed by atoms with Gasteiger partial charge in [-0.3, -0.25) is 0 Å². The summed E-state index contributed by atoms with van der Waals surface area (Å²) in [6.07, 6.45) is 4.03. The SMILES string of the molecule is CC1(S)CC2CCC1CN2. The maximum absolute atomic E-state index is 4.68. The lowest BCUT2D eigenvalue weighted by atomic mass is 9.73. The van der Waals surface area contributed by atoms with Gasteiger partial charge < -0.3 is 5.32 Å². The van der Waals surface area contributed by atoms with Crippen LogP contribution in [0.1, 0.15) is 26.2 Å². The average molecular weight is 157 g/mol. The van der Waals surface area contributed by atoms with Crippen LogP contribution in [0.15, 0.2) is 0 Å². The summed E-state index contributed by atoms with van der Waals surface area (Å²) in [5, 5.41) is 3.53.